The van der Waals surface area contributed by atoms with Crippen LogP contribution in [0, 0.1) is 0 Å². The number of benzene rings is 7. The van der Waals surface area contributed by atoms with Crippen molar-refractivity contribution in [2.24, 2.45) is 0 Å². The molecule has 0 atom stereocenters. The van der Waals surface area contributed by atoms with Gasteiger partial charge in [0.05, 0.1) is 34.0 Å². The van der Waals surface area contributed by atoms with E-state index in [1.54, 1.807) is 6.20 Å². The van der Waals surface area contributed by atoms with Crippen LogP contribution in [0.4, 0.5) is 0 Å². The lowest BCUT2D eigenvalue weighted by molar-refractivity contribution is 0.792. The second-order valence-electron chi connectivity index (χ2n) is 17.7. The van der Waals surface area contributed by atoms with Crippen molar-refractivity contribution in [1.29, 1.82) is 0 Å². The molecular weight excluding hydrogens is 733 g/mol. The average molecular weight is 775 g/mol. The van der Waals surface area contributed by atoms with Gasteiger partial charge in [-0.1, -0.05) is 104 Å². The molecule has 0 aliphatic carbocycles. The lowest BCUT2D eigenvalue weighted by Crippen LogP contribution is -2.34. The molecule has 59 heavy (non-hydrogen) atoms. The van der Waals surface area contributed by atoms with Crippen LogP contribution < -0.4 is 22.2 Å². The minimum atomic E-state index is -0.369. The smallest absolute Gasteiger partial charge is 0.266 e. The summed E-state index contributed by atoms with van der Waals surface area (Å²) in [6, 6.07) is 25.5. The molecule has 0 radical (unpaired) electrons. The third-order valence-corrected chi connectivity index (χ3v) is 13.1. The van der Waals surface area contributed by atoms with Crippen molar-refractivity contribution in [3.8, 4) is 11.4 Å². The molecule has 8 nitrogen and oxygen atoms in total. The van der Waals surface area contributed by atoms with Gasteiger partial charge >= 0.3 is 0 Å². The van der Waals surface area contributed by atoms with Crippen molar-refractivity contribution in [3.05, 3.63) is 149 Å². The van der Waals surface area contributed by atoms with Gasteiger partial charge in [-0.3, -0.25) is 19.2 Å². The van der Waals surface area contributed by atoms with Gasteiger partial charge in [0.1, 0.15) is 0 Å². The third kappa shape index (κ3) is 4.36. The first-order chi connectivity index (χ1) is 28.3. The zero-order chi connectivity index (χ0) is 41.1. The summed E-state index contributed by atoms with van der Waals surface area (Å²) in [4.78, 5) is 60.2. The van der Waals surface area contributed by atoms with E-state index in [-0.39, 0.29) is 45.9 Å². The number of hydrogen-bond acceptors (Lipinski definition) is 5. The molecule has 4 heterocycles. The largest absolute Gasteiger partial charge is 0.268 e. The normalized spacial score (nSPS) is 12.9. The standard InChI is InChI=1S/C51H42N4O4/c1-23(2)27-11-9-12-28(24(3)4)46(27)53-48(56)33-17-15-31-32-16-18-34-41-37(51(59)54(49(34)57)47-29(25(5)6)13-10-14-30(47)26(7)8)22-39-45(43(32)41)44-35(38-19-20-52-55(38)39)21-36(50(53)58)40(33)42(31)44/h9-26H,1-8H3. The Balaban J connectivity index is 1.36. The quantitative estimate of drug-likeness (QED) is 0.124. The first-order valence-electron chi connectivity index (χ1n) is 20.7. The summed E-state index contributed by atoms with van der Waals surface area (Å²) in [5, 5.41) is 13.8. The summed E-state index contributed by atoms with van der Waals surface area (Å²) in [6.07, 6.45) is 1.74. The predicted octanol–water partition coefficient (Wildman–Crippen LogP) is 10.7. The second kappa shape index (κ2) is 11.9. The Kier molecular flexibility index (Phi) is 7.19. The molecule has 0 unspecified atom stereocenters. The van der Waals surface area contributed by atoms with Gasteiger partial charge in [0.2, 0.25) is 0 Å². The summed E-state index contributed by atoms with van der Waals surface area (Å²) in [5.41, 5.74) is 5.16. The van der Waals surface area contributed by atoms with E-state index in [1.165, 1.54) is 9.13 Å². The van der Waals surface area contributed by atoms with Gasteiger partial charge in [0.25, 0.3) is 22.2 Å². The number of rotatable bonds is 6. The molecule has 0 fully saturated rings. The van der Waals surface area contributed by atoms with E-state index < -0.39 is 0 Å². The molecule has 0 spiro atoms. The van der Waals surface area contributed by atoms with Gasteiger partial charge in [-0.25, -0.2) is 13.6 Å². The zero-order valence-corrected chi connectivity index (χ0v) is 34.3. The highest BCUT2D eigenvalue weighted by atomic mass is 16.2. The maximum absolute atomic E-state index is 15.2. The van der Waals surface area contributed by atoms with Crippen LogP contribution in [0.1, 0.15) is 101 Å². The van der Waals surface area contributed by atoms with Gasteiger partial charge in [-0.2, -0.15) is 5.10 Å². The fourth-order valence-corrected chi connectivity index (χ4v) is 10.5. The van der Waals surface area contributed by atoms with Crippen molar-refractivity contribution < 1.29 is 0 Å². The van der Waals surface area contributed by atoms with E-state index in [0.29, 0.717) is 43.7 Å². The number of hydrogen-bond donors (Lipinski definition) is 0. The molecule has 0 saturated heterocycles. The van der Waals surface area contributed by atoms with E-state index in [1.807, 2.05) is 83.4 Å². The molecule has 290 valence electrons. The predicted molar refractivity (Wildman–Crippen MR) is 243 cm³/mol. The van der Waals surface area contributed by atoms with Crippen LogP contribution in [0.5, 0.6) is 0 Å². The number of para-hydroxylation sites is 2. The average Bonchev–Trinajstić information content (AvgIpc) is 3.72. The molecule has 0 amide bonds. The maximum Gasteiger partial charge on any atom is 0.266 e. The third-order valence-electron chi connectivity index (χ3n) is 13.1. The Labute approximate surface area is 337 Å². The fourth-order valence-electron chi connectivity index (χ4n) is 10.5. The van der Waals surface area contributed by atoms with Crippen molar-refractivity contribution in [3.63, 3.8) is 0 Å². The monoisotopic (exact) mass is 774 g/mol. The van der Waals surface area contributed by atoms with Crippen LogP contribution in [-0.4, -0.2) is 18.7 Å². The lowest BCUT2D eigenvalue weighted by atomic mass is 9.83. The Hall–Kier alpha value is -6.67. The SMILES string of the molecule is CC(C)c1cccc(C(C)C)c1-n1c(=O)c2ccc3c4ccc5c(=O)n(-c6c(C(C)C)cccc6C(C)C)c(=O)c6cc7c(c4c56)c4c(cc(c1=O)c2c34)c1ccnn17. The number of aromatic nitrogens is 4. The van der Waals surface area contributed by atoms with Gasteiger partial charge < -0.3 is 0 Å². The molecule has 11 aromatic rings. The highest BCUT2D eigenvalue weighted by Crippen LogP contribution is 2.49. The van der Waals surface area contributed by atoms with E-state index in [4.69, 9.17) is 5.10 Å². The molecular formula is C51H42N4O4. The lowest BCUT2D eigenvalue weighted by Gasteiger charge is -2.24. The van der Waals surface area contributed by atoms with Crippen LogP contribution in [0.25, 0.3) is 92.4 Å². The van der Waals surface area contributed by atoms with Crippen LogP contribution in [0.15, 0.2) is 104 Å². The molecule has 8 heteroatoms. The molecule has 0 aliphatic heterocycles. The molecule has 11 rings (SSSR count). The fraction of sp³-hybridized carbons (Fsp3) is 0.235. The number of pyridine rings is 3. The van der Waals surface area contributed by atoms with Crippen LogP contribution >= 0.6 is 0 Å². The molecule has 0 N–H and O–H groups in total. The summed E-state index contributed by atoms with van der Waals surface area (Å²) < 4.78 is 4.67. The van der Waals surface area contributed by atoms with Gasteiger partial charge in [-0.15, -0.1) is 0 Å². The van der Waals surface area contributed by atoms with Gasteiger partial charge in [0, 0.05) is 48.5 Å². The van der Waals surface area contributed by atoms with E-state index in [9.17, 15) is 9.59 Å². The summed E-state index contributed by atoms with van der Waals surface area (Å²) in [6.45, 7) is 16.7. The molecule has 7 aromatic carbocycles. The van der Waals surface area contributed by atoms with E-state index >= 15 is 9.59 Å². The van der Waals surface area contributed by atoms with Crippen molar-refractivity contribution in [2.75, 3.05) is 0 Å². The van der Waals surface area contributed by atoms with Crippen molar-refractivity contribution in [2.45, 2.75) is 79.1 Å². The minimum absolute atomic E-state index is 0.0685. The highest BCUT2D eigenvalue weighted by molar-refractivity contribution is 6.46. The Morgan fingerprint density at radius 1 is 0.390 bits per heavy atom. The Morgan fingerprint density at radius 2 is 0.780 bits per heavy atom. The van der Waals surface area contributed by atoms with Crippen LogP contribution in [0.3, 0.4) is 0 Å². The zero-order valence-electron chi connectivity index (χ0n) is 34.3. The summed E-state index contributed by atoms with van der Waals surface area (Å²) in [7, 11) is 0. The minimum Gasteiger partial charge on any atom is -0.268 e. The summed E-state index contributed by atoms with van der Waals surface area (Å²) in [5.74, 6) is 0.279. The van der Waals surface area contributed by atoms with Gasteiger partial charge in [0.15, 0.2) is 0 Å². The number of nitrogens with zero attached hydrogens (tertiary/aromatic N) is 4. The maximum atomic E-state index is 15.2. The van der Waals surface area contributed by atoms with E-state index in [0.717, 1.165) is 71.0 Å². The van der Waals surface area contributed by atoms with Gasteiger partial charge in [-0.05, 0) is 92.4 Å². The topological polar surface area (TPSA) is 95.4 Å². The second-order valence-corrected chi connectivity index (χ2v) is 17.7. The van der Waals surface area contributed by atoms with Crippen molar-refractivity contribution in [1.82, 2.24) is 18.7 Å². The van der Waals surface area contributed by atoms with Crippen LogP contribution in [-0.2, 0) is 0 Å². The van der Waals surface area contributed by atoms with Crippen molar-refractivity contribution >= 4 is 81.1 Å². The summed E-state index contributed by atoms with van der Waals surface area (Å²) >= 11 is 0. The first-order valence-corrected chi connectivity index (χ1v) is 20.7. The molecule has 0 saturated carbocycles. The van der Waals surface area contributed by atoms with E-state index in [2.05, 4.69) is 55.4 Å². The first kappa shape index (κ1) is 35.5. The molecule has 0 bridgehead atoms. The molecule has 4 aromatic heterocycles. The highest BCUT2D eigenvalue weighted by Gasteiger charge is 2.30. The van der Waals surface area contributed by atoms with Crippen LogP contribution in [0.2, 0.25) is 0 Å². The Bertz CT molecular complexity index is 3530. The Morgan fingerprint density at radius 3 is 1.24 bits per heavy atom. The molecule has 0 aliphatic rings. The number of fused-ring (bicyclic) bond motifs is 4.